The Morgan fingerprint density at radius 3 is 2.03 bits per heavy atom. The zero-order chi connectivity index (χ0) is 24.7. The van der Waals surface area contributed by atoms with Gasteiger partial charge in [0.25, 0.3) is 5.91 Å². The molecule has 2 N–H and O–H groups in total. The Balaban J connectivity index is 1.25. The van der Waals surface area contributed by atoms with E-state index in [9.17, 15) is 9.59 Å². The molecular weight excluding hydrogens is 454 g/mol. The predicted molar refractivity (Wildman–Crippen MR) is 141 cm³/mol. The van der Waals surface area contributed by atoms with Crippen LogP contribution in [0.4, 0.5) is 0 Å². The van der Waals surface area contributed by atoms with Crippen LogP contribution in [0.1, 0.15) is 69.4 Å². The molecule has 0 aliphatic heterocycles. The molecule has 2 aliphatic rings. The first-order valence-corrected chi connectivity index (χ1v) is 13.4. The van der Waals surface area contributed by atoms with E-state index in [4.69, 9.17) is 5.11 Å². The van der Waals surface area contributed by atoms with Crippen molar-refractivity contribution in [2.45, 2.75) is 65.3 Å². The highest BCUT2D eigenvalue weighted by molar-refractivity contribution is 7.12. The SMILES string of the molecule is CCc1ccc(-c2ccc(Cc3c(C)sc(C)c3C(=O)NC3CC4(C3)CC(C(=O)O)C4)cc2)cc1. The molecule has 1 spiro atoms. The molecule has 4 nitrogen and oxygen atoms in total. The zero-order valence-electron chi connectivity index (χ0n) is 20.7. The number of aliphatic carboxylic acids is 1. The summed E-state index contributed by atoms with van der Waals surface area (Å²) in [6.45, 7) is 6.30. The van der Waals surface area contributed by atoms with E-state index in [0.29, 0.717) is 0 Å². The first-order chi connectivity index (χ1) is 16.8. The summed E-state index contributed by atoms with van der Waals surface area (Å²) in [6, 6.07) is 17.6. The maximum atomic E-state index is 13.3. The van der Waals surface area contributed by atoms with E-state index in [-0.39, 0.29) is 23.3 Å². The molecule has 2 aliphatic carbocycles. The van der Waals surface area contributed by atoms with Gasteiger partial charge in [0, 0.05) is 15.8 Å². The van der Waals surface area contributed by atoms with Gasteiger partial charge in [0.1, 0.15) is 0 Å². The predicted octanol–water partition coefficient (Wildman–Crippen LogP) is 6.56. The Labute approximate surface area is 211 Å². The van der Waals surface area contributed by atoms with Gasteiger partial charge in [-0.25, -0.2) is 0 Å². The Morgan fingerprint density at radius 1 is 0.914 bits per heavy atom. The van der Waals surface area contributed by atoms with Gasteiger partial charge in [-0.1, -0.05) is 55.5 Å². The molecule has 0 saturated heterocycles. The number of carbonyl (C=O) groups is 2. The minimum absolute atomic E-state index is 0.0171. The first-order valence-electron chi connectivity index (χ1n) is 12.6. The maximum absolute atomic E-state index is 13.3. The van der Waals surface area contributed by atoms with Crippen molar-refractivity contribution in [1.82, 2.24) is 5.32 Å². The van der Waals surface area contributed by atoms with Crippen molar-refractivity contribution in [3.8, 4) is 11.1 Å². The van der Waals surface area contributed by atoms with Gasteiger partial charge in [-0.15, -0.1) is 11.3 Å². The largest absolute Gasteiger partial charge is 0.481 e. The number of benzene rings is 2. The van der Waals surface area contributed by atoms with E-state index in [2.05, 4.69) is 67.7 Å². The molecule has 0 atom stereocenters. The summed E-state index contributed by atoms with van der Waals surface area (Å²) in [5, 5.41) is 12.4. The quantitative estimate of drug-likeness (QED) is 0.397. The summed E-state index contributed by atoms with van der Waals surface area (Å²) in [4.78, 5) is 26.7. The van der Waals surface area contributed by atoms with Gasteiger partial charge in [0.05, 0.1) is 11.5 Å². The highest BCUT2D eigenvalue weighted by Crippen LogP contribution is 2.58. The number of aryl methyl sites for hydroxylation is 3. The fraction of sp³-hybridized carbons (Fsp3) is 0.400. The lowest BCUT2D eigenvalue weighted by atomic mass is 9.50. The van der Waals surface area contributed by atoms with Crippen LogP contribution in [0, 0.1) is 25.2 Å². The molecule has 1 aromatic heterocycles. The van der Waals surface area contributed by atoms with Crippen molar-refractivity contribution >= 4 is 23.2 Å². The van der Waals surface area contributed by atoms with Crippen molar-refractivity contribution in [3.63, 3.8) is 0 Å². The second kappa shape index (κ2) is 9.27. The summed E-state index contributed by atoms with van der Waals surface area (Å²) in [7, 11) is 0. The van der Waals surface area contributed by atoms with E-state index in [1.54, 1.807) is 11.3 Å². The van der Waals surface area contributed by atoms with E-state index >= 15 is 0 Å². The molecule has 5 heteroatoms. The molecule has 0 radical (unpaired) electrons. The van der Waals surface area contributed by atoms with Crippen LogP contribution >= 0.6 is 11.3 Å². The lowest BCUT2D eigenvalue weighted by Gasteiger charge is -2.56. The van der Waals surface area contributed by atoms with Crippen LogP contribution in [0.15, 0.2) is 48.5 Å². The standard InChI is InChI=1S/C30H33NO3S/c1-4-20-5-9-22(10-6-20)23-11-7-21(8-12-23)13-26-18(2)35-19(3)27(26)28(32)31-25-16-30(17-25)14-24(15-30)29(33)34/h5-12,24-25H,4,13-17H2,1-3H3,(H,31,32)(H,33,34). The maximum Gasteiger partial charge on any atom is 0.306 e. The number of amides is 1. The number of hydrogen-bond donors (Lipinski definition) is 2. The first kappa shape index (κ1) is 23.8. The van der Waals surface area contributed by atoms with Gasteiger partial charge in [-0.05, 0) is 85.6 Å². The summed E-state index contributed by atoms with van der Waals surface area (Å²) in [6.07, 6.45) is 5.11. The fourth-order valence-corrected chi connectivity index (χ4v) is 7.11. The molecule has 0 bridgehead atoms. The minimum Gasteiger partial charge on any atom is -0.481 e. The van der Waals surface area contributed by atoms with E-state index < -0.39 is 5.97 Å². The van der Waals surface area contributed by atoms with Crippen molar-refractivity contribution in [1.29, 1.82) is 0 Å². The highest BCUT2D eigenvalue weighted by Gasteiger charge is 2.55. The number of rotatable bonds is 7. The van der Waals surface area contributed by atoms with Crippen molar-refractivity contribution in [3.05, 3.63) is 80.5 Å². The molecule has 2 saturated carbocycles. The number of carboxylic acid groups (broad SMARTS) is 1. The lowest BCUT2D eigenvalue weighted by molar-refractivity contribution is -0.155. The third kappa shape index (κ3) is 4.66. The smallest absolute Gasteiger partial charge is 0.306 e. The molecule has 2 fully saturated rings. The van der Waals surface area contributed by atoms with Gasteiger partial charge >= 0.3 is 5.97 Å². The van der Waals surface area contributed by atoms with Crippen LogP contribution < -0.4 is 5.32 Å². The normalized spacial score (nSPS) is 22.9. The van der Waals surface area contributed by atoms with Crippen LogP contribution in [0.25, 0.3) is 11.1 Å². The van der Waals surface area contributed by atoms with Crippen molar-refractivity contribution in [2.75, 3.05) is 0 Å². The van der Waals surface area contributed by atoms with Gasteiger partial charge in [0.2, 0.25) is 0 Å². The third-order valence-electron chi connectivity index (χ3n) is 8.04. The Bertz CT molecular complexity index is 1240. The van der Waals surface area contributed by atoms with Crippen LogP contribution in [0.3, 0.4) is 0 Å². The van der Waals surface area contributed by atoms with Gasteiger partial charge in [0.15, 0.2) is 0 Å². The van der Waals surface area contributed by atoms with E-state index in [0.717, 1.165) is 54.5 Å². The van der Waals surface area contributed by atoms with Gasteiger partial charge in [-0.3, -0.25) is 9.59 Å². The van der Waals surface area contributed by atoms with Crippen LogP contribution in [-0.2, 0) is 17.6 Å². The van der Waals surface area contributed by atoms with Crippen LogP contribution in [0.5, 0.6) is 0 Å². The average molecular weight is 488 g/mol. The number of thiophene rings is 1. The topological polar surface area (TPSA) is 66.4 Å². The Morgan fingerprint density at radius 2 is 1.49 bits per heavy atom. The van der Waals surface area contributed by atoms with Crippen molar-refractivity contribution in [2.24, 2.45) is 11.3 Å². The van der Waals surface area contributed by atoms with E-state index in [1.807, 2.05) is 6.92 Å². The van der Waals surface area contributed by atoms with E-state index in [1.165, 1.54) is 27.1 Å². The molecular formula is C30H33NO3S. The molecule has 1 heterocycles. The minimum atomic E-state index is -0.681. The zero-order valence-corrected chi connectivity index (χ0v) is 21.5. The van der Waals surface area contributed by atoms with Crippen LogP contribution in [0.2, 0.25) is 0 Å². The Kier molecular flexibility index (Phi) is 6.30. The molecule has 182 valence electrons. The summed E-state index contributed by atoms with van der Waals surface area (Å²) in [5.41, 5.74) is 7.06. The number of nitrogens with one attached hydrogen (secondary N) is 1. The molecule has 1 amide bonds. The third-order valence-corrected chi connectivity index (χ3v) is 9.11. The second-order valence-corrected chi connectivity index (χ2v) is 11.9. The number of hydrogen-bond acceptors (Lipinski definition) is 3. The number of carboxylic acids is 1. The monoisotopic (exact) mass is 487 g/mol. The number of carbonyl (C=O) groups excluding carboxylic acids is 1. The average Bonchev–Trinajstić information content (AvgIpc) is 3.07. The molecule has 0 unspecified atom stereocenters. The highest BCUT2D eigenvalue weighted by atomic mass is 32.1. The molecule has 5 rings (SSSR count). The van der Waals surface area contributed by atoms with Crippen molar-refractivity contribution < 1.29 is 14.7 Å². The fourth-order valence-electron chi connectivity index (χ4n) is 6.03. The molecule has 3 aromatic rings. The second-order valence-electron chi connectivity index (χ2n) is 10.5. The summed E-state index contributed by atoms with van der Waals surface area (Å²) in [5.74, 6) is -0.856. The summed E-state index contributed by atoms with van der Waals surface area (Å²) < 4.78 is 0. The van der Waals surface area contributed by atoms with Gasteiger partial charge < -0.3 is 10.4 Å². The molecule has 2 aromatic carbocycles. The summed E-state index contributed by atoms with van der Waals surface area (Å²) >= 11 is 1.69. The van der Waals surface area contributed by atoms with Crippen LogP contribution in [-0.4, -0.2) is 23.0 Å². The Hall–Kier alpha value is -2.92. The van der Waals surface area contributed by atoms with Gasteiger partial charge in [-0.2, -0.15) is 0 Å². The lowest BCUT2D eigenvalue weighted by Crippen LogP contribution is -2.57. The molecule has 35 heavy (non-hydrogen) atoms.